The molecule has 1 aromatic rings. The standard InChI is InChI=1S/C21H24O2/c1-15(6-4-7-16(2)14-21(22)23)12-19-9-5-8-18-11-10-17(3)13-20(18)19/h4,6-7,10-14H,5,8-9H2,1-3H3,(H,22,23)/b7-4+,15-6+,16-14+,19-12+. The Balaban J connectivity index is 2.19. The van der Waals surface area contributed by atoms with Gasteiger partial charge in [0.1, 0.15) is 0 Å². The summed E-state index contributed by atoms with van der Waals surface area (Å²) >= 11 is 0. The van der Waals surface area contributed by atoms with E-state index in [0.717, 1.165) is 18.4 Å². The molecule has 0 aromatic heterocycles. The highest BCUT2D eigenvalue weighted by molar-refractivity contribution is 5.81. The topological polar surface area (TPSA) is 37.3 Å². The van der Waals surface area contributed by atoms with Gasteiger partial charge in [0.2, 0.25) is 0 Å². The van der Waals surface area contributed by atoms with E-state index in [1.807, 2.05) is 18.2 Å². The molecule has 0 fully saturated rings. The van der Waals surface area contributed by atoms with Gasteiger partial charge in [-0.2, -0.15) is 0 Å². The number of fused-ring (bicyclic) bond motifs is 1. The largest absolute Gasteiger partial charge is 0.478 e. The number of hydrogen-bond donors (Lipinski definition) is 1. The first-order valence-corrected chi connectivity index (χ1v) is 8.02. The highest BCUT2D eigenvalue weighted by Crippen LogP contribution is 2.32. The Hall–Kier alpha value is -2.35. The maximum atomic E-state index is 10.6. The lowest BCUT2D eigenvalue weighted by Gasteiger charge is -2.19. The fourth-order valence-electron chi connectivity index (χ4n) is 2.88. The lowest BCUT2D eigenvalue weighted by molar-refractivity contribution is -0.131. The monoisotopic (exact) mass is 308 g/mol. The molecule has 0 unspecified atom stereocenters. The molecule has 0 amide bonds. The van der Waals surface area contributed by atoms with Crippen LogP contribution in [0, 0.1) is 6.92 Å². The van der Waals surface area contributed by atoms with Crippen LogP contribution >= 0.6 is 0 Å². The molecule has 1 aliphatic carbocycles. The summed E-state index contributed by atoms with van der Waals surface area (Å²) in [5.74, 6) is -0.913. The molecule has 0 spiro atoms. The molecule has 0 heterocycles. The van der Waals surface area contributed by atoms with Gasteiger partial charge in [-0.15, -0.1) is 0 Å². The van der Waals surface area contributed by atoms with Crippen molar-refractivity contribution in [3.05, 3.63) is 76.4 Å². The van der Waals surface area contributed by atoms with Crippen LogP contribution < -0.4 is 0 Å². The van der Waals surface area contributed by atoms with Gasteiger partial charge in [0, 0.05) is 6.08 Å². The van der Waals surface area contributed by atoms with Crippen molar-refractivity contribution in [2.45, 2.75) is 40.0 Å². The van der Waals surface area contributed by atoms with Crippen molar-refractivity contribution in [3.63, 3.8) is 0 Å². The maximum Gasteiger partial charge on any atom is 0.328 e. The molecular weight excluding hydrogens is 284 g/mol. The Bertz CT molecular complexity index is 715. The van der Waals surface area contributed by atoms with Crippen molar-refractivity contribution in [2.24, 2.45) is 0 Å². The van der Waals surface area contributed by atoms with E-state index in [9.17, 15) is 4.79 Å². The van der Waals surface area contributed by atoms with Crippen molar-refractivity contribution < 1.29 is 9.90 Å². The molecule has 0 aliphatic heterocycles. The van der Waals surface area contributed by atoms with Crippen LogP contribution in [0.3, 0.4) is 0 Å². The summed E-state index contributed by atoms with van der Waals surface area (Å²) in [5, 5.41) is 8.69. The molecule has 0 saturated heterocycles. The second-order valence-corrected chi connectivity index (χ2v) is 6.18. The molecule has 1 aliphatic rings. The van der Waals surface area contributed by atoms with Gasteiger partial charge >= 0.3 is 5.97 Å². The quantitative estimate of drug-likeness (QED) is 0.609. The van der Waals surface area contributed by atoms with E-state index >= 15 is 0 Å². The Morgan fingerprint density at radius 3 is 2.70 bits per heavy atom. The van der Waals surface area contributed by atoms with Crippen molar-refractivity contribution in [1.82, 2.24) is 0 Å². The Labute approximate surface area is 138 Å². The van der Waals surface area contributed by atoms with Crippen LogP contribution in [0.2, 0.25) is 0 Å². The second-order valence-electron chi connectivity index (χ2n) is 6.18. The summed E-state index contributed by atoms with van der Waals surface area (Å²) in [4.78, 5) is 10.6. The minimum absolute atomic E-state index is 0.729. The average molecular weight is 308 g/mol. The van der Waals surface area contributed by atoms with E-state index in [4.69, 9.17) is 5.11 Å². The van der Waals surface area contributed by atoms with Gasteiger partial charge in [0.25, 0.3) is 0 Å². The highest BCUT2D eigenvalue weighted by atomic mass is 16.4. The second kappa shape index (κ2) is 7.77. The van der Waals surface area contributed by atoms with E-state index in [1.54, 1.807) is 6.92 Å². The third-order valence-corrected chi connectivity index (χ3v) is 3.97. The van der Waals surface area contributed by atoms with Gasteiger partial charge in [-0.1, -0.05) is 53.6 Å². The molecule has 0 radical (unpaired) electrons. The molecule has 0 saturated carbocycles. The van der Waals surface area contributed by atoms with Crippen LogP contribution in [0.5, 0.6) is 0 Å². The number of allylic oxidation sites excluding steroid dienone is 7. The molecule has 0 bridgehead atoms. The summed E-state index contributed by atoms with van der Waals surface area (Å²) in [6.45, 7) is 6.00. The molecule has 23 heavy (non-hydrogen) atoms. The summed E-state index contributed by atoms with van der Waals surface area (Å²) < 4.78 is 0. The van der Waals surface area contributed by atoms with Crippen LogP contribution in [0.25, 0.3) is 5.57 Å². The molecule has 1 aromatic carbocycles. The third kappa shape index (κ3) is 5.10. The van der Waals surface area contributed by atoms with Crippen LogP contribution in [0.15, 0.2) is 59.7 Å². The van der Waals surface area contributed by atoms with Crippen LogP contribution in [-0.4, -0.2) is 11.1 Å². The number of carboxylic acid groups (broad SMARTS) is 1. The Kier molecular flexibility index (Phi) is 5.75. The number of aliphatic carboxylic acids is 1. The zero-order valence-corrected chi connectivity index (χ0v) is 14.1. The van der Waals surface area contributed by atoms with Gasteiger partial charge in [-0.3, -0.25) is 0 Å². The minimum atomic E-state index is -0.913. The van der Waals surface area contributed by atoms with E-state index < -0.39 is 5.97 Å². The van der Waals surface area contributed by atoms with E-state index in [2.05, 4.69) is 38.1 Å². The van der Waals surface area contributed by atoms with Crippen LogP contribution in [0.1, 0.15) is 43.4 Å². The molecule has 0 atom stereocenters. The predicted octanol–water partition coefficient (Wildman–Crippen LogP) is 5.25. The van der Waals surface area contributed by atoms with Gasteiger partial charge in [0.05, 0.1) is 0 Å². The average Bonchev–Trinajstić information content (AvgIpc) is 2.47. The first-order chi connectivity index (χ1) is 11.0. The smallest absolute Gasteiger partial charge is 0.328 e. The number of aryl methyl sites for hydroxylation is 2. The first kappa shape index (κ1) is 17.0. The van der Waals surface area contributed by atoms with Crippen molar-refractivity contribution in [3.8, 4) is 0 Å². The highest BCUT2D eigenvalue weighted by Gasteiger charge is 2.13. The fourth-order valence-corrected chi connectivity index (χ4v) is 2.88. The predicted molar refractivity (Wildman–Crippen MR) is 96.4 cm³/mol. The number of hydrogen-bond acceptors (Lipinski definition) is 1. The minimum Gasteiger partial charge on any atom is -0.478 e. The van der Waals surface area contributed by atoms with Crippen LogP contribution in [0.4, 0.5) is 0 Å². The Morgan fingerprint density at radius 1 is 1.17 bits per heavy atom. The number of benzene rings is 1. The SMILES string of the molecule is CC(=C\C=C\C(C)=C\C(=O)O)/C=C1\CCCc2ccc(C)cc21. The van der Waals surface area contributed by atoms with Crippen molar-refractivity contribution >= 4 is 11.5 Å². The zero-order chi connectivity index (χ0) is 16.8. The third-order valence-electron chi connectivity index (χ3n) is 3.97. The molecule has 120 valence electrons. The van der Waals surface area contributed by atoms with E-state index in [1.165, 1.54) is 40.3 Å². The Morgan fingerprint density at radius 2 is 1.96 bits per heavy atom. The summed E-state index contributed by atoms with van der Waals surface area (Å²) in [6, 6.07) is 6.71. The van der Waals surface area contributed by atoms with Gasteiger partial charge < -0.3 is 5.11 Å². The van der Waals surface area contributed by atoms with E-state index in [0.29, 0.717) is 0 Å². The lowest BCUT2D eigenvalue weighted by atomic mass is 9.85. The van der Waals surface area contributed by atoms with Crippen molar-refractivity contribution in [2.75, 3.05) is 0 Å². The summed E-state index contributed by atoms with van der Waals surface area (Å²) in [6.07, 6.45) is 12.7. The van der Waals surface area contributed by atoms with Crippen LogP contribution in [-0.2, 0) is 11.2 Å². The normalized spacial score (nSPS) is 17.6. The molecular formula is C21H24O2. The number of carboxylic acids is 1. The lowest BCUT2D eigenvalue weighted by Crippen LogP contribution is -2.02. The first-order valence-electron chi connectivity index (χ1n) is 8.02. The number of rotatable bonds is 4. The molecule has 1 N–H and O–H groups in total. The van der Waals surface area contributed by atoms with Crippen molar-refractivity contribution in [1.29, 1.82) is 0 Å². The van der Waals surface area contributed by atoms with E-state index in [-0.39, 0.29) is 0 Å². The summed E-state index contributed by atoms with van der Waals surface area (Å²) in [7, 11) is 0. The molecule has 2 heteroatoms. The van der Waals surface area contributed by atoms with Gasteiger partial charge in [0.15, 0.2) is 0 Å². The fraction of sp³-hybridized carbons (Fsp3) is 0.286. The molecule has 2 rings (SSSR count). The van der Waals surface area contributed by atoms with Gasteiger partial charge in [-0.25, -0.2) is 4.79 Å². The van der Waals surface area contributed by atoms with Gasteiger partial charge in [-0.05, 0) is 62.3 Å². The zero-order valence-electron chi connectivity index (χ0n) is 14.1. The number of carbonyl (C=O) groups is 1. The maximum absolute atomic E-state index is 10.6. The molecule has 2 nitrogen and oxygen atoms in total. The summed E-state index contributed by atoms with van der Waals surface area (Å²) in [5.41, 5.74) is 7.43.